The van der Waals surface area contributed by atoms with Gasteiger partial charge in [-0.1, -0.05) is 0 Å². The minimum atomic E-state index is -1.15. The van der Waals surface area contributed by atoms with E-state index >= 15 is 0 Å². The Morgan fingerprint density at radius 2 is 2.00 bits per heavy atom. The highest BCUT2D eigenvalue weighted by molar-refractivity contribution is 6.06. The Morgan fingerprint density at radius 3 is 2.33 bits per heavy atom. The molecule has 2 radical (unpaired) electrons. The first-order valence-electron chi connectivity index (χ1n) is 3.38. The van der Waals surface area contributed by atoms with Crippen molar-refractivity contribution < 1.29 is 19.3 Å². The van der Waals surface area contributed by atoms with Crippen LogP contribution in [0, 0.1) is 0 Å². The number of carbonyl (C=O) groups is 2. The lowest BCUT2D eigenvalue weighted by Crippen LogP contribution is -2.43. The molecular weight excluding hydrogens is 161 g/mol. The summed E-state index contributed by atoms with van der Waals surface area (Å²) in [5, 5.41) is 10.9. The van der Waals surface area contributed by atoms with Crippen LogP contribution in [0.4, 0.5) is 0 Å². The lowest BCUT2D eigenvalue weighted by molar-refractivity contribution is -0.140. The average Bonchev–Trinajstić information content (AvgIpc) is 2.02. The fourth-order valence-corrected chi connectivity index (χ4v) is 0.495. The summed E-state index contributed by atoms with van der Waals surface area (Å²) in [4.78, 5) is 21.4. The number of rotatable bonds is 3. The molecule has 66 valence electrons. The second-order valence-corrected chi connectivity index (χ2v) is 2.34. The quantitative estimate of drug-likeness (QED) is 0.506. The van der Waals surface area contributed by atoms with Gasteiger partial charge in [-0.05, 0) is 13.8 Å². The van der Waals surface area contributed by atoms with Crippen molar-refractivity contribution in [3.8, 4) is 0 Å². The van der Waals surface area contributed by atoms with Crippen LogP contribution in [0.25, 0.3) is 0 Å². The standard InChI is InChI=1S/C6H10BNO4/c1-3(6(11)12-7)8-5(10)4(2)9/h3-4,9H,1-2H3,(H,8,10)/t3-,4+/m0/s1. The van der Waals surface area contributed by atoms with Gasteiger partial charge in [0.15, 0.2) is 0 Å². The summed E-state index contributed by atoms with van der Waals surface area (Å²) in [5.74, 6) is -1.41. The predicted molar refractivity (Wildman–Crippen MR) is 41.1 cm³/mol. The number of aliphatic hydroxyl groups excluding tert-OH is 1. The van der Waals surface area contributed by atoms with E-state index in [4.69, 9.17) is 5.11 Å². The Bertz CT molecular complexity index is 182. The number of nitrogens with one attached hydrogen (secondary N) is 1. The Labute approximate surface area is 71.5 Å². The molecule has 0 heterocycles. The molecule has 0 rings (SSSR count). The van der Waals surface area contributed by atoms with E-state index in [2.05, 4.69) is 18.0 Å². The lowest BCUT2D eigenvalue weighted by atomic mass is 10.3. The van der Waals surface area contributed by atoms with Crippen molar-refractivity contribution in [1.82, 2.24) is 5.32 Å². The number of hydrogen-bond acceptors (Lipinski definition) is 4. The summed E-state index contributed by atoms with van der Waals surface area (Å²) >= 11 is 0. The van der Waals surface area contributed by atoms with Crippen molar-refractivity contribution in [2.24, 2.45) is 0 Å². The highest BCUT2D eigenvalue weighted by Crippen LogP contribution is 1.87. The first kappa shape index (κ1) is 11.0. The minimum absolute atomic E-state index is 0.645. The van der Waals surface area contributed by atoms with Crippen LogP contribution in [-0.2, 0) is 14.2 Å². The smallest absolute Gasteiger partial charge is 0.378 e. The van der Waals surface area contributed by atoms with E-state index in [1.165, 1.54) is 13.8 Å². The zero-order chi connectivity index (χ0) is 9.72. The largest absolute Gasteiger partial charge is 0.542 e. The third-order valence-electron chi connectivity index (χ3n) is 1.21. The summed E-state index contributed by atoms with van der Waals surface area (Å²) in [6.07, 6.45) is -1.15. The highest BCUT2D eigenvalue weighted by Gasteiger charge is 2.17. The zero-order valence-corrected chi connectivity index (χ0v) is 6.90. The summed E-state index contributed by atoms with van der Waals surface area (Å²) < 4.78 is 3.86. The van der Waals surface area contributed by atoms with Crippen molar-refractivity contribution >= 4 is 19.9 Å². The highest BCUT2D eigenvalue weighted by atomic mass is 16.5. The van der Waals surface area contributed by atoms with Gasteiger partial charge < -0.3 is 15.1 Å². The molecule has 0 aromatic carbocycles. The topological polar surface area (TPSA) is 75.6 Å². The maximum atomic E-state index is 10.8. The third-order valence-corrected chi connectivity index (χ3v) is 1.21. The van der Waals surface area contributed by atoms with Crippen LogP contribution in [0.5, 0.6) is 0 Å². The molecule has 5 nitrogen and oxygen atoms in total. The molecule has 0 aromatic rings. The van der Waals surface area contributed by atoms with Gasteiger partial charge in [0, 0.05) is 0 Å². The molecule has 0 spiro atoms. The maximum Gasteiger partial charge on any atom is 0.378 e. The molecule has 0 bridgehead atoms. The summed E-state index contributed by atoms with van der Waals surface area (Å²) in [6.45, 7) is 2.69. The van der Waals surface area contributed by atoms with Crippen LogP contribution < -0.4 is 5.32 Å². The fourth-order valence-electron chi connectivity index (χ4n) is 0.495. The number of carbonyl (C=O) groups excluding carboxylic acids is 2. The SMILES string of the molecule is [B]OC(=O)[C@H](C)NC(=O)[C@@H](C)O. The molecule has 1 amide bonds. The predicted octanol–water partition coefficient (Wildman–Crippen LogP) is -1.50. The second kappa shape index (κ2) is 4.76. The molecule has 0 saturated heterocycles. The third kappa shape index (κ3) is 3.38. The first-order valence-corrected chi connectivity index (χ1v) is 3.38. The van der Waals surface area contributed by atoms with Gasteiger partial charge in [-0.15, -0.1) is 0 Å². The fraction of sp³-hybridized carbons (Fsp3) is 0.667. The van der Waals surface area contributed by atoms with Crippen molar-refractivity contribution in [3.63, 3.8) is 0 Å². The van der Waals surface area contributed by atoms with Gasteiger partial charge in [-0.3, -0.25) is 9.59 Å². The van der Waals surface area contributed by atoms with Gasteiger partial charge in [0.25, 0.3) is 0 Å². The van der Waals surface area contributed by atoms with Gasteiger partial charge in [0.05, 0.1) is 0 Å². The Morgan fingerprint density at radius 1 is 1.50 bits per heavy atom. The van der Waals surface area contributed by atoms with Crippen LogP contribution in [0.1, 0.15) is 13.8 Å². The second-order valence-electron chi connectivity index (χ2n) is 2.34. The summed E-state index contributed by atoms with van der Waals surface area (Å²) in [6, 6.07) is -0.850. The van der Waals surface area contributed by atoms with E-state index in [1.807, 2.05) is 0 Å². The van der Waals surface area contributed by atoms with Crippen molar-refractivity contribution in [3.05, 3.63) is 0 Å². The normalized spacial score (nSPS) is 14.6. The van der Waals surface area contributed by atoms with Gasteiger partial charge in [-0.25, -0.2) is 0 Å². The van der Waals surface area contributed by atoms with Crippen LogP contribution >= 0.6 is 0 Å². The molecule has 0 saturated carbocycles. The van der Waals surface area contributed by atoms with E-state index in [0.29, 0.717) is 0 Å². The molecule has 6 heteroatoms. The Hall–Kier alpha value is -1.04. The van der Waals surface area contributed by atoms with Crippen LogP contribution in [-0.4, -0.2) is 37.2 Å². The Balaban J connectivity index is 3.92. The molecule has 2 atom stereocenters. The summed E-state index contributed by atoms with van der Waals surface area (Å²) in [7, 11) is 4.56. The van der Waals surface area contributed by atoms with E-state index in [0.717, 1.165) is 0 Å². The molecule has 0 aliphatic heterocycles. The molecular formula is C6H10BNO4. The number of amides is 1. The molecule has 12 heavy (non-hydrogen) atoms. The zero-order valence-electron chi connectivity index (χ0n) is 6.90. The lowest BCUT2D eigenvalue weighted by Gasteiger charge is -2.12. The number of hydrogen-bond donors (Lipinski definition) is 2. The summed E-state index contributed by atoms with van der Waals surface area (Å²) in [5.41, 5.74) is 0. The molecule has 2 N–H and O–H groups in total. The van der Waals surface area contributed by atoms with Gasteiger partial charge in [-0.2, -0.15) is 0 Å². The van der Waals surface area contributed by atoms with Crippen molar-refractivity contribution in [2.45, 2.75) is 26.0 Å². The average molecular weight is 171 g/mol. The maximum absolute atomic E-state index is 10.8. The minimum Gasteiger partial charge on any atom is -0.542 e. The van der Waals surface area contributed by atoms with Gasteiger partial charge in [0.1, 0.15) is 12.1 Å². The van der Waals surface area contributed by atoms with E-state index in [-0.39, 0.29) is 0 Å². The molecule has 0 aliphatic rings. The van der Waals surface area contributed by atoms with Crippen LogP contribution in [0.15, 0.2) is 0 Å². The molecule has 0 unspecified atom stereocenters. The van der Waals surface area contributed by atoms with Crippen LogP contribution in [0.3, 0.4) is 0 Å². The first-order chi connectivity index (χ1) is 5.49. The number of aliphatic hydroxyl groups is 1. The van der Waals surface area contributed by atoms with Crippen molar-refractivity contribution in [2.75, 3.05) is 0 Å². The Kier molecular flexibility index (Phi) is 4.35. The molecule has 0 fully saturated rings. The monoisotopic (exact) mass is 171 g/mol. The molecule has 0 aliphatic carbocycles. The van der Waals surface area contributed by atoms with Crippen molar-refractivity contribution in [1.29, 1.82) is 0 Å². The van der Waals surface area contributed by atoms with E-state index in [1.54, 1.807) is 0 Å². The van der Waals surface area contributed by atoms with Gasteiger partial charge >= 0.3 is 14.0 Å². The van der Waals surface area contributed by atoms with E-state index in [9.17, 15) is 9.59 Å². The van der Waals surface area contributed by atoms with Crippen LogP contribution in [0.2, 0.25) is 0 Å². The van der Waals surface area contributed by atoms with E-state index < -0.39 is 24.0 Å². The molecule has 0 aromatic heterocycles. The van der Waals surface area contributed by atoms with Gasteiger partial charge in [0.2, 0.25) is 5.91 Å².